The highest BCUT2D eigenvalue weighted by molar-refractivity contribution is 7.81. The third-order valence-electron chi connectivity index (χ3n) is 5.94. The zero-order valence-electron chi connectivity index (χ0n) is 22.1. The number of amides is 1. The molecule has 0 radical (unpaired) electrons. The van der Waals surface area contributed by atoms with Crippen LogP contribution in [0.15, 0.2) is 91.1 Å². The van der Waals surface area contributed by atoms with Gasteiger partial charge in [0.05, 0.1) is 48.6 Å². The van der Waals surface area contributed by atoms with Crippen molar-refractivity contribution in [3.05, 3.63) is 96.8 Å². The molecule has 0 aliphatic heterocycles. The average molecular weight is 570 g/mol. The molecule has 2 N–H and O–H groups in total. The molecule has 3 aromatic carbocycles. The van der Waals surface area contributed by atoms with Crippen molar-refractivity contribution in [3.63, 3.8) is 0 Å². The molecule has 0 saturated heterocycles. The Kier molecular flexibility index (Phi) is 8.32. The molecule has 0 spiro atoms. The second kappa shape index (κ2) is 12.4. The number of hydrogen-bond acceptors (Lipinski definition) is 9. The van der Waals surface area contributed by atoms with Gasteiger partial charge in [-0.25, -0.2) is 9.97 Å². The first-order valence-corrected chi connectivity index (χ1v) is 13.4. The Balaban J connectivity index is 1.53. The lowest BCUT2D eigenvalue weighted by atomic mass is 10.2. The molecule has 1 atom stereocenters. The normalized spacial score (nSPS) is 11.5. The summed E-state index contributed by atoms with van der Waals surface area (Å²) in [4.78, 5) is 26.1. The lowest BCUT2D eigenvalue weighted by Crippen LogP contribution is -2.23. The van der Waals surface area contributed by atoms with E-state index in [1.165, 1.54) is 14.2 Å². The van der Waals surface area contributed by atoms with E-state index in [1.54, 1.807) is 85.1 Å². The minimum Gasteiger partial charge on any atom is -0.755 e. The van der Waals surface area contributed by atoms with E-state index < -0.39 is 11.3 Å². The monoisotopic (exact) mass is 569 g/mol. The van der Waals surface area contributed by atoms with E-state index in [0.29, 0.717) is 39.6 Å². The van der Waals surface area contributed by atoms with Gasteiger partial charge >= 0.3 is 0 Å². The Morgan fingerprint density at radius 2 is 1.59 bits per heavy atom. The largest absolute Gasteiger partial charge is 0.755 e. The standard InChI is InChI=1S/C29H26N6O5S/c1-39-23-15-21(16-24(18-23)40-2)32-28-29(34-26-12-4-3-11-25(26)33-28)35(41(37)38)22-10-7-9-20(14-22)31-27(36)17-19-8-5-6-13-30-19/h3-16,18H,17H2,1-2H3,(H,31,36)(H,32,33)(H,37,38)/p-1. The van der Waals surface area contributed by atoms with Crippen LogP contribution in [-0.4, -0.2) is 43.8 Å². The van der Waals surface area contributed by atoms with E-state index in [0.717, 1.165) is 4.31 Å². The number of nitrogens with one attached hydrogen (secondary N) is 2. The Morgan fingerprint density at radius 1 is 0.878 bits per heavy atom. The maximum absolute atomic E-state index is 12.7. The molecular weight excluding hydrogens is 544 g/mol. The van der Waals surface area contributed by atoms with Crippen LogP contribution in [0.2, 0.25) is 0 Å². The topological polar surface area (TPSA) is 142 Å². The molecule has 0 bridgehead atoms. The molecule has 1 amide bonds. The molecule has 0 aliphatic rings. The van der Waals surface area contributed by atoms with Gasteiger partial charge in [-0.15, -0.1) is 0 Å². The van der Waals surface area contributed by atoms with E-state index in [4.69, 9.17) is 9.47 Å². The maximum Gasteiger partial charge on any atom is 0.230 e. The Labute approximate surface area is 238 Å². The third-order valence-corrected chi connectivity index (χ3v) is 6.62. The lowest BCUT2D eigenvalue weighted by Gasteiger charge is -2.27. The van der Waals surface area contributed by atoms with Crippen LogP contribution < -0.4 is 24.4 Å². The van der Waals surface area contributed by atoms with Gasteiger partial charge in [0.25, 0.3) is 0 Å². The predicted molar refractivity (Wildman–Crippen MR) is 156 cm³/mol. The van der Waals surface area contributed by atoms with Crippen LogP contribution in [0.5, 0.6) is 11.5 Å². The molecule has 41 heavy (non-hydrogen) atoms. The van der Waals surface area contributed by atoms with Gasteiger partial charge < -0.3 is 24.7 Å². The van der Waals surface area contributed by atoms with Crippen molar-refractivity contribution in [2.75, 3.05) is 29.2 Å². The summed E-state index contributed by atoms with van der Waals surface area (Å²) in [6, 6.07) is 24.0. The average Bonchev–Trinajstić information content (AvgIpc) is 2.97. The van der Waals surface area contributed by atoms with E-state index in [1.807, 2.05) is 6.07 Å². The molecular formula is C29H25N6O5S-. The summed E-state index contributed by atoms with van der Waals surface area (Å²) in [6.45, 7) is 0. The Bertz CT molecular complexity index is 1700. The van der Waals surface area contributed by atoms with Crippen LogP contribution >= 0.6 is 0 Å². The van der Waals surface area contributed by atoms with E-state index in [2.05, 4.69) is 25.6 Å². The quantitative estimate of drug-likeness (QED) is 0.225. The first-order valence-electron chi connectivity index (χ1n) is 12.4. The number of hydrogen-bond donors (Lipinski definition) is 2. The van der Waals surface area contributed by atoms with E-state index in [-0.39, 0.29) is 29.7 Å². The minimum atomic E-state index is -2.81. The summed E-state index contributed by atoms with van der Waals surface area (Å²) >= 11 is -2.81. The fraction of sp³-hybridized carbons (Fsp3) is 0.103. The number of rotatable bonds is 10. The molecule has 12 heteroatoms. The van der Waals surface area contributed by atoms with Gasteiger partial charge in [-0.2, -0.15) is 0 Å². The predicted octanol–water partition coefficient (Wildman–Crippen LogP) is 4.90. The van der Waals surface area contributed by atoms with Crippen LogP contribution in [0.3, 0.4) is 0 Å². The molecule has 11 nitrogen and oxygen atoms in total. The van der Waals surface area contributed by atoms with Crippen molar-refractivity contribution in [2.45, 2.75) is 6.42 Å². The van der Waals surface area contributed by atoms with Gasteiger partial charge in [0.2, 0.25) is 5.91 Å². The van der Waals surface area contributed by atoms with Crippen LogP contribution in [0.4, 0.5) is 28.7 Å². The molecule has 0 fully saturated rings. The lowest BCUT2D eigenvalue weighted by molar-refractivity contribution is -0.115. The van der Waals surface area contributed by atoms with Crippen molar-refractivity contribution in [1.82, 2.24) is 15.0 Å². The van der Waals surface area contributed by atoms with Gasteiger partial charge in [-0.1, -0.05) is 24.3 Å². The van der Waals surface area contributed by atoms with Crippen LogP contribution in [0.25, 0.3) is 11.0 Å². The molecule has 0 aliphatic carbocycles. The summed E-state index contributed by atoms with van der Waals surface area (Å²) in [7, 11) is 3.06. The highest BCUT2D eigenvalue weighted by Crippen LogP contribution is 2.36. The number of nitrogens with zero attached hydrogens (tertiary/aromatic N) is 4. The third kappa shape index (κ3) is 6.57. The highest BCUT2D eigenvalue weighted by atomic mass is 32.2. The van der Waals surface area contributed by atoms with Crippen LogP contribution in [0.1, 0.15) is 5.69 Å². The molecule has 5 rings (SSSR count). The smallest absolute Gasteiger partial charge is 0.230 e. The van der Waals surface area contributed by atoms with Crippen molar-refractivity contribution in [2.24, 2.45) is 0 Å². The second-order valence-electron chi connectivity index (χ2n) is 8.72. The molecule has 208 valence electrons. The van der Waals surface area contributed by atoms with Gasteiger partial charge in [0.15, 0.2) is 11.6 Å². The summed E-state index contributed by atoms with van der Waals surface area (Å²) in [5.41, 5.74) is 2.84. The summed E-state index contributed by atoms with van der Waals surface area (Å²) in [6.07, 6.45) is 1.68. The number of benzene rings is 3. The van der Waals surface area contributed by atoms with Gasteiger partial charge in [0, 0.05) is 41.5 Å². The highest BCUT2D eigenvalue weighted by Gasteiger charge is 2.21. The zero-order chi connectivity index (χ0) is 28.8. The van der Waals surface area contributed by atoms with Crippen molar-refractivity contribution in [1.29, 1.82) is 0 Å². The van der Waals surface area contributed by atoms with E-state index >= 15 is 0 Å². The fourth-order valence-electron chi connectivity index (χ4n) is 4.09. The summed E-state index contributed by atoms with van der Waals surface area (Å²) < 4.78 is 37.2. The number of aromatic nitrogens is 3. The number of carbonyl (C=O) groups is 1. The fourth-order valence-corrected chi connectivity index (χ4v) is 4.65. The molecule has 1 unspecified atom stereocenters. The van der Waals surface area contributed by atoms with Crippen molar-refractivity contribution in [3.8, 4) is 11.5 Å². The summed E-state index contributed by atoms with van der Waals surface area (Å²) in [5, 5.41) is 5.97. The number of carbonyl (C=O) groups excluding carboxylic acids is 1. The number of para-hydroxylation sites is 2. The minimum absolute atomic E-state index is 0.0239. The van der Waals surface area contributed by atoms with Crippen molar-refractivity contribution < 1.29 is 23.0 Å². The molecule has 0 saturated carbocycles. The SMILES string of the molecule is COc1cc(Nc2nc3ccccc3nc2N(c2cccc(NC(=O)Cc3ccccn3)c2)S(=O)[O-])cc(OC)c1. The summed E-state index contributed by atoms with van der Waals surface area (Å²) in [5.74, 6) is 0.958. The Hall–Kier alpha value is -5.07. The molecule has 2 heterocycles. The van der Waals surface area contributed by atoms with Crippen molar-refractivity contribution >= 4 is 56.9 Å². The number of methoxy groups -OCH3 is 2. The molecule has 5 aromatic rings. The number of anilines is 5. The first-order chi connectivity index (χ1) is 19.9. The maximum atomic E-state index is 12.7. The van der Waals surface area contributed by atoms with Gasteiger partial charge in [0.1, 0.15) is 11.5 Å². The number of ether oxygens (including phenoxy) is 2. The van der Waals surface area contributed by atoms with E-state index in [9.17, 15) is 13.6 Å². The Morgan fingerprint density at radius 3 is 2.24 bits per heavy atom. The molecule has 2 aromatic heterocycles. The van der Waals surface area contributed by atoms with Crippen LogP contribution in [0, 0.1) is 0 Å². The number of pyridine rings is 1. The second-order valence-corrected chi connectivity index (χ2v) is 9.52. The zero-order valence-corrected chi connectivity index (χ0v) is 22.9. The van der Waals surface area contributed by atoms with Gasteiger partial charge in [-0.3, -0.25) is 18.3 Å². The van der Waals surface area contributed by atoms with Gasteiger partial charge in [-0.05, 0) is 42.5 Å². The number of fused-ring (bicyclic) bond motifs is 1. The van der Waals surface area contributed by atoms with Crippen LogP contribution in [-0.2, 0) is 22.5 Å². The first kappa shape index (κ1) is 27.5.